The highest BCUT2D eigenvalue weighted by Crippen LogP contribution is 2.23. The number of aryl methyl sites for hydroxylation is 2. The molecule has 21 heavy (non-hydrogen) atoms. The van der Waals surface area contributed by atoms with Crippen molar-refractivity contribution in [2.24, 2.45) is 0 Å². The number of piperazine rings is 1. The summed E-state index contributed by atoms with van der Waals surface area (Å²) in [5.41, 5.74) is 2.41. The van der Waals surface area contributed by atoms with E-state index in [-0.39, 0.29) is 0 Å². The molecule has 2 heterocycles. The van der Waals surface area contributed by atoms with Crippen LogP contribution in [0.25, 0.3) is 0 Å². The first-order chi connectivity index (χ1) is 9.98. The molecule has 0 saturated carbocycles. The molecule has 0 unspecified atom stereocenters. The molecule has 1 saturated heterocycles. The van der Waals surface area contributed by atoms with Crippen LogP contribution in [0.3, 0.4) is 0 Å². The molecule has 8 heteroatoms. The van der Waals surface area contributed by atoms with Crippen molar-refractivity contribution < 1.29 is 8.42 Å². The maximum Gasteiger partial charge on any atom is 0.281 e. The van der Waals surface area contributed by atoms with Gasteiger partial charge in [0.2, 0.25) is 0 Å². The Morgan fingerprint density at radius 2 is 1.81 bits per heavy atom. The summed E-state index contributed by atoms with van der Waals surface area (Å²) < 4.78 is 27.0. The van der Waals surface area contributed by atoms with Crippen LogP contribution < -0.4 is 4.90 Å². The van der Waals surface area contributed by atoms with Crippen molar-refractivity contribution in [1.82, 2.24) is 18.8 Å². The van der Waals surface area contributed by atoms with E-state index in [0.717, 1.165) is 30.8 Å². The Labute approximate surface area is 125 Å². The third-order valence-electron chi connectivity index (χ3n) is 4.16. The second-order valence-electron chi connectivity index (χ2n) is 5.70. The zero-order valence-electron chi connectivity index (χ0n) is 12.5. The third kappa shape index (κ3) is 2.75. The highest BCUT2D eigenvalue weighted by Gasteiger charge is 2.29. The first-order valence-corrected chi connectivity index (χ1v) is 8.66. The smallest absolute Gasteiger partial charge is 0.281 e. The molecule has 1 aliphatic carbocycles. The van der Waals surface area contributed by atoms with E-state index in [2.05, 4.69) is 21.2 Å². The van der Waals surface area contributed by atoms with Crippen LogP contribution in [0.15, 0.2) is 6.07 Å². The van der Waals surface area contributed by atoms with Crippen LogP contribution in [0.4, 0.5) is 5.82 Å². The van der Waals surface area contributed by atoms with Gasteiger partial charge in [-0.2, -0.15) is 22.1 Å². The summed E-state index contributed by atoms with van der Waals surface area (Å²) in [6, 6.07) is 2.12. The average molecular weight is 311 g/mol. The van der Waals surface area contributed by atoms with Crippen LogP contribution in [-0.4, -0.2) is 67.5 Å². The van der Waals surface area contributed by atoms with Gasteiger partial charge in [-0.15, -0.1) is 5.10 Å². The number of anilines is 1. The zero-order valence-corrected chi connectivity index (χ0v) is 13.3. The first kappa shape index (κ1) is 14.7. The monoisotopic (exact) mass is 311 g/mol. The Morgan fingerprint density at radius 1 is 1.10 bits per heavy atom. The number of nitrogens with zero attached hydrogens (tertiary/aromatic N) is 5. The van der Waals surface area contributed by atoms with Crippen molar-refractivity contribution in [2.45, 2.75) is 19.3 Å². The van der Waals surface area contributed by atoms with Crippen LogP contribution in [0.5, 0.6) is 0 Å². The molecule has 0 bridgehead atoms. The predicted molar refractivity (Wildman–Crippen MR) is 80.4 cm³/mol. The van der Waals surface area contributed by atoms with E-state index in [1.54, 1.807) is 14.1 Å². The Bertz CT molecular complexity index is 623. The second-order valence-corrected chi connectivity index (χ2v) is 7.85. The fourth-order valence-corrected chi connectivity index (χ4v) is 3.94. The summed E-state index contributed by atoms with van der Waals surface area (Å²) in [5.74, 6) is 0.873. The predicted octanol–water partition coefficient (Wildman–Crippen LogP) is -0.106. The maximum absolute atomic E-state index is 12.1. The van der Waals surface area contributed by atoms with Crippen LogP contribution in [-0.2, 0) is 23.1 Å². The molecule has 1 aromatic heterocycles. The van der Waals surface area contributed by atoms with Crippen molar-refractivity contribution in [3.8, 4) is 0 Å². The number of aromatic nitrogens is 2. The lowest BCUT2D eigenvalue weighted by atomic mass is 10.2. The van der Waals surface area contributed by atoms with E-state index in [0.29, 0.717) is 26.2 Å². The van der Waals surface area contributed by atoms with Crippen LogP contribution in [0.2, 0.25) is 0 Å². The molecule has 1 aromatic rings. The molecule has 7 nitrogen and oxygen atoms in total. The number of hydrogen-bond acceptors (Lipinski definition) is 5. The van der Waals surface area contributed by atoms with E-state index in [1.807, 2.05) is 0 Å². The van der Waals surface area contributed by atoms with Gasteiger partial charge in [-0.05, 0) is 30.9 Å². The Kier molecular flexibility index (Phi) is 3.85. The number of hydrogen-bond donors (Lipinski definition) is 0. The molecular formula is C13H21N5O2S. The van der Waals surface area contributed by atoms with E-state index >= 15 is 0 Å². The minimum Gasteiger partial charge on any atom is -0.352 e. The largest absolute Gasteiger partial charge is 0.352 e. The SMILES string of the molecule is CN(C)S(=O)(=O)N1CCN(c2cc3c(nn2)CCC3)CC1. The first-order valence-electron chi connectivity index (χ1n) is 7.26. The van der Waals surface area contributed by atoms with E-state index in [1.165, 1.54) is 14.2 Å². The van der Waals surface area contributed by atoms with Gasteiger partial charge in [0.15, 0.2) is 5.82 Å². The summed E-state index contributed by atoms with van der Waals surface area (Å²) in [4.78, 5) is 2.12. The summed E-state index contributed by atoms with van der Waals surface area (Å²) >= 11 is 0. The average Bonchev–Trinajstić information content (AvgIpc) is 2.94. The number of rotatable bonds is 3. The lowest BCUT2D eigenvalue weighted by Gasteiger charge is -2.35. The van der Waals surface area contributed by atoms with Gasteiger partial charge in [-0.1, -0.05) is 0 Å². The molecule has 0 spiro atoms. The van der Waals surface area contributed by atoms with Crippen molar-refractivity contribution in [3.05, 3.63) is 17.3 Å². The van der Waals surface area contributed by atoms with Crippen LogP contribution in [0, 0.1) is 0 Å². The summed E-state index contributed by atoms with van der Waals surface area (Å²) in [7, 11) is -0.185. The molecule has 0 amide bonds. The fourth-order valence-electron chi connectivity index (χ4n) is 2.85. The Morgan fingerprint density at radius 3 is 2.48 bits per heavy atom. The van der Waals surface area contributed by atoms with Crippen molar-refractivity contribution in [2.75, 3.05) is 45.2 Å². The molecule has 0 radical (unpaired) electrons. The van der Waals surface area contributed by atoms with Gasteiger partial charge in [0, 0.05) is 40.3 Å². The molecule has 1 fully saturated rings. The highest BCUT2D eigenvalue weighted by molar-refractivity contribution is 7.86. The lowest BCUT2D eigenvalue weighted by molar-refractivity contribution is 0.354. The van der Waals surface area contributed by atoms with E-state index in [4.69, 9.17) is 0 Å². The standard InChI is InChI=1S/C13H21N5O2S/c1-16(2)21(19,20)18-8-6-17(7-9-18)13-10-11-4-3-5-12(11)14-15-13/h10H,3-9H2,1-2H3. The van der Waals surface area contributed by atoms with Gasteiger partial charge < -0.3 is 4.90 Å². The van der Waals surface area contributed by atoms with Crippen LogP contribution in [0.1, 0.15) is 17.7 Å². The molecule has 2 aliphatic rings. The van der Waals surface area contributed by atoms with Gasteiger partial charge in [-0.25, -0.2) is 0 Å². The quantitative estimate of drug-likeness (QED) is 0.779. The molecule has 0 atom stereocenters. The second kappa shape index (κ2) is 5.51. The van der Waals surface area contributed by atoms with Gasteiger partial charge in [-0.3, -0.25) is 0 Å². The lowest BCUT2D eigenvalue weighted by Crippen LogP contribution is -2.52. The molecule has 0 aromatic carbocycles. The molecular weight excluding hydrogens is 290 g/mol. The normalized spacial score (nSPS) is 20.0. The third-order valence-corrected chi connectivity index (χ3v) is 6.10. The topological polar surface area (TPSA) is 69.6 Å². The van der Waals surface area contributed by atoms with Crippen molar-refractivity contribution in [1.29, 1.82) is 0 Å². The minimum absolute atomic E-state index is 0.485. The van der Waals surface area contributed by atoms with E-state index < -0.39 is 10.2 Å². The van der Waals surface area contributed by atoms with Crippen LogP contribution >= 0.6 is 0 Å². The van der Waals surface area contributed by atoms with Gasteiger partial charge in [0.1, 0.15) is 0 Å². The van der Waals surface area contributed by atoms with Crippen molar-refractivity contribution >= 4 is 16.0 Å². The highest BCUT2D eigenvalue weighted by atomic mass is 32.2. The molecule has 3 rings (SSSR count). The Hall–Kier alpha value is -1.25. The van der Waals surface area contributed by atoms with Gasteiger partial charge in [0.25, 0.3) is 10.2 Å². The Balaban J connectivity index is 1.69. The molecule has 116 valence electrons. The van der Waals surface area contributed by atoms with E-state index in [9.17, 15) is 8.42 Å². The molecule has 1 aliphatic heterocycles. The summed E-state index contributed by atoms with van der Waals surface area (Å²) in [5, 5.41) is 8.59. The van der Waals surface area contributed by atoms with Crippen molar-refractivity contribution in [3.63, 3.8) is 0 Å². The number of fused-ring (bicyclic) bond motifs is 1. The summed E-state index contributed by atoms with van der Waals surface area (Å²) in [6.07, 6.45) is 3.26. The summed E-state index contributed by atoms with van der Waals surface area (Å²) in [6.45, 7) is 2.28. The zero-order chi connectivity index (χ0) is 15.0. The fraction of sp³-hybridized carbons (Fsp3) is 0.692. The van der Waals surface area contributed by atoms with Gasteiger partial charge >= 0.3 is 0 Å². The maximum atomic E-state index is 12.1. The molecule has 0 N–H and O–H groups in total. The van der Waals surface area contributed by atoms with Gasteiger partial charge in [0.05, 0.1) is 5.69 Å². The minimum atomic E-state index is -3.31.